The van der Waals surface area contributed by atoms with Gasteiger partial charge in [0.2, 0.25) is 11.8 Å². The van der Waals surface area contributed by atoms with E-state index in [2.05, 4.69) is 9.97 Å². The number of hydrogen-bond acceptors (Lipinski definition) is 6. The second kappa shape index (κ2) is 6.98. The van der Waals surface area contributed by atoms with E-state index in [4.69, 9.17) is 9.84 Å². The number of hydrogen-bond donors (Lipinski definition) is 1. The Balaban J connectivity index is 2.25. The molecule has 21 heavy (non-hydrogen) atoms. The van der Waals surface area contributed by atoms with Gasteiger partial charge in [0, 0.05) is 29.8 Å². The van der Waals surface area contributed by atoms with Gasteiger partial charge in [0.1, 0.15) is 0 Å². The van der Waals surface area contributed by atoms with Crippen LogP contribution in [0.3, 0.4) is 0 Å². The van der Waals surface area contributed by atoms with E-state index in [1.807, 2.05) is 25.7 Å². The van der Waals surface area contributed by atoms with Crippen molar-refractivity contribution < 1.29 is 14.6 Å². The third kappa shape index (κ3) is 4.49. The van der Waals surface area contributed by atoms with Gasteiger partial charge in [0.15, 0.2) is 0 Å². The number of carbonyl (C=O) groups is 1. The van der Waals surface area contributed by atoms with Gasteiger partial charge in [-0.1, -0.05) is 0 Å². The summed E-state index contributed by atoms with van der Waals surface area (Å²) in [5.74, 6) is 2.05. The molecule has 1 aliphatic heterocycles. The van der Waals surface area contributed by atoms with Gasteiger partial charge in [-0.3, -0.25) is 4.79 Å². The first-order valence-corrected chi connectivity index (χ1v) is 8.19. The minimum absolute atomic E-state index is 0.0406. The summed E-state index contributed by atoms with van der Waals surface area (Å²) in [7, 11) is 0. The molecule has 2 rings (SSSR count). The average Bonchev–Trinajstić information content (AvgIpc) is 2.37. The largest absolute Gasteiger partial charge is 0.481 e. The number of aromatic nitrogens is 2. The lowest BCUT2D eigenvalue weighted by atomic mass is 10.2. The number of carboxylic acid groups (broad SMARTS) is 1. The minimum Gasteiger partial charge on any atom is -0.481 e. The van der Waals surface area contributed by atoms with Crippen molar-refractivity contribution in [2.24, 2.45) is 0 Å². The molecule has 7 heteroatoms. The summed E-state index contributed by atoms with van der Waals surface area (Å²) in [6, 6.07) is 1.73. The molecule has 1 unspecified atom stereocenters. The fraction of sp³-hybridized carbons (Fsp3) is 0.643. The van der Waals surface area contributed by atoms with Crippen LogP contribution in [-0.4, -0.2) is 51.2 Å². The van der Waals surface area contributed by atoms with Crippen LogP contribution < -0.4 is 9.64 Å². The molecule has 1 atom stereocenters. The number of thioether (sulfide) groups is 1. The zero-order valence-electron chi connectivity index (χ0n) is 12.6. The molecule has 6 nitrogen and oxygen atoms in total. The van der Waals surface area contributed by atoms with Crippen molar-refractivity contribution in [1.29, 1.82) is 0 Å². The van der Waals surface area contributed by atoms with Gasteiger partial charge in [-0.15, -0.1) is 0 Å². The summed E-state index contributed by atoms with van der Waals surface area (Å²) in [5, 5.41) is 9.06. The predicted octanol–water partition coefficient (Wildman–Crippen LogP) is 1.97. The zero-order chi connectivity index (χ0) is 15.4. The Kier molecular flexibility index (Phi) is 5.27. The summed E-state index contributed by atoms with van der Waals surface area (Å²) >= 11 is 1.77. The molecule has 1 fully saturated rings. The molecule has 116 valence electrons. The number of nitrogens with zero attached hydrogens (tertiary/aromatic N) is 3. The van der Waals surface area contributed by atoms with Crippen LogP contribution in [0.1, 0.15) is 26.0 Å². The molecule has 1 aromatic rings. The molecule has 0 spiro atoms. The number of carboxylic acids is 1. The summed E-state index contributed by atoms with van der Waals surface area (Å²) in [5.41, 5.74) is 0.822. The van der Waals surface area contributed by atoms with Crippen LogP contribution in [-0.2, 0) is 4.79 Å². The predicted molar refractivity (Wildman–Crippen MR) is 83.2 cm³/mol. The van der Waals surface area contributed by atoms with E-state index in [0.717, 1.165) is 23.7 Å². The summed E-state index contributed by atoms with van der Waals surface area (Å²) in [6.07, 6.45) is 0.142. The topological polar surface area (TPSA) is 75.5 Å². The number of rotatable bonds is 5. The maximum absolute atomic E-state index is 11.0. The third-order valence-corrected chi connectivity index (χ3v) is 4.16. The SMILES string of the molecule is Cc1cc(OC(C)C)nc(N2CCSCC2CC(=O)O)n1. The van der Waals surface area contributed by atoms with Gasteiger partial charge >= 0.3 is 5.97 Å². The van der Waals surface area contributed by atoms with Gasteiger partial charge in [-0.2, -0.15) is 16.7 Å². The lowest BCUT2D eigenvalue weighted by molar-refractivity contribution is -0.137. The molecular formula is C14H21N3O3S. The number of anilines is 1. The maximum Gasteiger partial charge on any atom is 0.305 e. The quantitative estimate of drug-likeness (QED) is 0.891. The van der Waals surface area contributed by atoms with Crippen LogP contribution in [0.4, 0.5) is 5.95 Å². The van der Waals surface area contributed by atoms with Gasteiger partial charge in [0.05, 0.1) is 18.6 Å². The summed E-state index contributed by atoms with van der Waals surface area (Å²) in [4.78, 5) is 21.9. The van der Waals surface area contributed by atoms with Crippen LogP contribution in [0.5, 0.6) is 5.88 Å². The highest BCUT2D eigenvalue weighted by atomic mass is 32.2. The van der Waals surface area contributed by atoms with Crippen molar-refractivity contribution in [2.75, 3.05) is 23.0 Å². The first-order valence-electron chi connectivity index (χ1n) is 7.04. The van der Waals surface area contributed by atoms with E-state index >= 15 is 0 Å². The number of aryl methyl sites for hydroxylation is 1. The van der Waals surface area contributed by atoms with Crippen LogP contribution in [0.25, 0.3) is 0 Å². The second-order valence-corrected chi connectivity index (χ2v) is 6.48. The molecule has 0 aliphatic carbocycles. The minimum atomic E-state index is -0.793. The smallest absolute Gasteiger partial charge is 0.305 e. The van der Waals surface area contributed by atoms with E-state index in [-0.39, 0.29) is 18.6 Å². The highest BCUT2D eigenvalue weighted by Gasteiger charge is 2.27. The lowest BCUT2D eigenvalue weighted by Gasteiger charge is -2.34. The van der Waals surface area contributed by atoms with Crippen molar-refractivity contribution in [2.45, 2.75) is 39.3 Å². The van der Waals surface area contributed by atoms with E-state index in [1.165, 1.54) is 0 Å². The third-order valence-electron chi connectivity index (χ3n) is 3.07. The highest BCUT2D eigenvalue weighted by Crippen LogP contribution is 2.25. The average molecular weight is 311 g/mol. The number of ether oxygens (including phenoxy) is 1. The Morgan fingerprint density at radius 2 is 2.33 bits per heavy atom. The fourth-order valence-corrected chi connectivity index (χ4v) is 3.31. The molecule has 0 saturated carbocycles. The van der Waals surface area contributed by atoms with Crippen molar-refractivity contribution in [3.8, 4) is 5.88 Å². The van der Waals surface area contributed by atoms with Gasteiger partial charge in [-0.05, 0) is 20.8 Å². The van der Waals surface area contributed by atoms with E-state index in [1.54, 1.807) is 17.8 Å². The Labute approximate surface area is 128 Å². The second-order valence-electron chi connectivity index (χ2n) is 5.33. The van der Waals surface area contributed by atoms with E-state index in [0.29, 0.717) is 11.8 Å². The monoisotopic (exact) mass is 311 g/mol. The summed E-state index contributed by atoms with van der Waals surface area (Å²) < 4.78 is 5.64. The lowest BCUT2D eigenvalue weighted by Crippen LogP contribution is -2.44. The Hall–Kier alpha value is -1.50. The molecule has 0 bridgehead atoms. The van der Waals surface area contributed by atoms with Crippen molar-refractivity contribution in [1.82, 2.24) is 9.97 Å². The van der Waals surface area contributed by atoms with Crippen LogP contribution >= 0.6 is 11.8 Å². The van der Waals surface area contributed by atoms with Crippen molar-refractivity contribution >= 4 is 23.7 Å². The van der Waals surface area contributed by atoms with E-state index < -0.39 is 5.97 Å². The fourth-order valence-electron chi connectivity index (χ4n) is 2.24. The van der Waals surface area contributed by atoms with Crippen molar-refractivity contribution in [3.63, 3.8) is 0 Å². The molecule has 1 aliphatic rings. The molecule has 1 N–H and O–H groups in total. The first-order chi connectivity index (χ1) is 9.95. The Morgan fingerprint density at radius 1 is 1.57 bits per heavy atom. The van der Waals surface area contributed by atoms with Crippen LogP contribution in [0, 0.1) is 6.92 Å². The molecule has 0 radical (unpaired) electrons. The van der Waals surface area contributed by atoms with Gasteiger partial charge in [-0.25, -0.2) is 4.98 Å². The van der Waals surface area contributed by atoms with Crippen LogP contribution in [0.2, 0.25) is 0 Å². The van der Waals surface area contributed by atoms with Crippen molar-refractivity contribution in [3.05, 3.63) is 11.8 Å². The van der Waals surface area contributed by atoms with Gasteiger partial charge < -0.3 is 14.7 Å². The molecule has 2 heterocycles. The molecular weight excluding hydrogens is 290 g/mol. The van der Waals surface area contributed by atoms with E-state index in [9.17, 15) is 4.79 Å². The number of aliphatic carboxylic acids is 1. The zero-order valence-corrected chi connectivity index (χ0v) is 13.4. The Bertz CT molecular complexity index is 510. The van der Waals surface area contributed by atoms with Crippen LogP contribution in [0.15, 0.2) is 6.07 Å². The first kappa shape index (κ1) is 15.9. The standard InChI is InChI=1S/C14H21N3O3S/c1-9(2)20-12-6-10(3)15-14(16-12)17-4-5-21-8-11(17)7-13(18)19/h6,9,11H,4-5,7-8H2,1-3H3,(H,18,19). The molecule has 0 aromatic carbocycles. The highest BCUT2D eigenvalue weighted by molar-refractivity contribution is 7.99. The van der Waals surface area contributed by atoms with Gasteiger partial charge in [0.25, 0.3) is 0 Å². The maximum atomic E-state index is 11.0. The normalized spacial score (nSPS) is 18.9. The molecule has 1 aromatic heterocycles. The molecule has 0 amide bonds. The Morgan fingerprint density at radius 3 is 3.00 bits per heavy atom. The molecule has 1 saturated heterocycles. The summed E-state index contributed by atoms with van der Waals surface area (Å²) in [6.45, 7) is 6.54.